The van der Waals surface area contributed by atoms with Gasteiger partial charge in [0.05, 0.1) is 7.11 Å². The normalized spacial score (nSPS) is 8.21. The van der Waals surface area contributed by atoms with Crippen molar-refractivity contribution in [3.05, 3.63) is 24.3 Å². The van der Waals surface area contributed by atoms with Crippen molar-refractivity contribution in [2.45, 2.75) is 6.92 Å². The van der Waals surface area contributed by atoms with Crippen LogP contribution in [0.15, 0.2) is 24.3 Å². The molecule has 0 aliphatic carbocycles. The molecule has 78 valence electrons. The van der Waals surface area contributed by atoms with E-state index in [9.17, 15) is 0 Å². The van der Waals surface area contributed by atoms with Gasteiger partial charge in [0.15, 0.2) is 0 Å². The summed E-state index contributed by atoms with van der Waals surface area (Å²) in [6, 6.07) is 7.38. The Morgan fingerprint density at radius 2 is 1.86 bits per heavy atom. The molecular formula is C9H14N2O3. The Kier molecular flexibility index (Phi) is 5.89. The Bertz CT molecular complexity index is 245. The van der Waals surface area contributed by atoms with Gasteiger partial charge in [0, 0.05) is 12.6 Å². The van der Waals surface area contributed by atoms with E-state index in [4.69, 9.17) is 20.5 Å². The number of anilines is 1. The van der Waals surface area contributed by atoms with E-state index < -0.39 is 5.97 Å². The molecule has 0 aliphatic heterocycles. The Morgan fingerprint density at radius 1 is 1.43 bits per heavy atom. The molecule has 14 heavy (non-hydrogen) atoms. The zero-order valence-corrected chi connectivity index (χ0v) is 8.15. The number of aliphatic carboxylic acids is 1. The van der Waals surface area contributed by atoms with E-state index in [2.05, 4.69) is 5.43 Å². The van der Waals surface area contributed by atoms with Gasteiger partial charge in [0.2, 0.25) is 0 Å². The Labute approximate surface area is 82.5 Å². The number of carbonyl (C=O) groups is 1. The highest BCUT2D eigenvalue weighted by molar-refractivity contribution is 5.62. The van der Waals surface area contributed by atoms with Gasteiger partial charge < -0.3 is 15.3 Å². The van der Waals surface area contributed by atoms with E-state index in [1.807, 2.05) is 24.3 Å². The molecule has 0 fully saturated rings. The van der Waals surface area contributed by atoms with Crippen molar-refractivity contribution >= 4 is 11.7 Å². The Balaban J connectivity index is 0.000000364. The zero-order valence-electron chi connectivity index (χ0n) is 8.15. The summed E-state index contributed by atoms with van der Waals surface area (Å²) in [6.07, 6.45) is 0. The first-order chi connectivity index (χ1) is 6.60. The second kappa shape index (κ2) is 6.73. The highest BCUT2D eigenvalue weighted by Gasteiger charge is 1.88. The van der Waals surface area contributed by atoms with Crippen LogP contribution in [-0.2, 0) is 4.79 Å². The number of rotatable bonds is 2. The van der Waals surface area contributed by atoms with Crippen LogP contribution in [0.5, 0.6) is 5.75 Å². The van der Waals surface area contributed by atoms with Crippen LogP contribution in [0.4, 0.5) is 5.69 Å². The third kappa shape index (κ3) is 5.84. The number of nitrogens with two attached hydrogens (primary N) is 1. The van der Waals surface area contributed by atoms with Crippen LogP contribution in [0.2, 0.25) is 0 Å². The third-order valence-corrected chi connectivity index (χ3v) is 1.26. The standard InChI is InChI=1S/C7H10N2O.C2H4O2/c1-10-7-4-2-6(9-8)3-5-7;1-2(3)4/h2-5,9H,8H2,1H3;1H3,(H,3,4). The van der Waals surface area contributed by atoms with Crippen LogP contribution >= 0.6 is 0 Å². The molecule has 0 unspecified atom stereocenters. The lowest BCUT2D eigenvalue weighted by molar-refractivity contribution is -0.134. The van der Waals surface area contributed by atoms with Gasteiger partial charge in [-0.2, -0.15) is 0 Å². The molecule has 0 radical (unpaired) electrons. The quantitative estimate of drug-likeness (QED) is 0.489. The van der Waals surface area contributed by atoms with Gasteiger partial charge in [-0.3, -0.25) is 10.6 Å². The minimum absolute atomic E-state index is 0.832. The van der Waals surface area contributed by atoms with Crippen molar-refractivity contribution in [1.82, 2.24) is 0 Å². The Hall–Kier alpha value is -1.75. The molecule has 0 bridgehead atoms. The van der Waals surface area contributed by atoms with E-state index >= 15 is 0 Å². The predicted molar refractivity (Wildman–Crippen MR) is 54.1 cm³/mol. The highest BCUT2D eigenvalue weighted by atomic mass is 16.5. The largest absolute Gasteiger partial charge is 0.497 e. The molecule has 1 aromatic rings. The molecule has 0 saturated carbocycles. The lowest BCUT2D eigenvalue weighted by Gasteiger charge is -2.00. The van der Waals surface area contributed by atoms with Crippen molar-refractivity contribution in [2.24, 2.45) is 5.84 Å². The number of nitrogen functional groups attached to an aromatic ring is 1. The topological polar surface area (TPSA) is 84.6 Å². The van der Waals surface area contributed by atoms with Gasteiger partial charge in [-0.05, 0) is 24.3 Å². The molecule has 0 amide bonds. The van der Waals surface area contributed by atoms with E-state index in [1.54, 1.807) is 7.11 Å². The second-order valence-corrected chi connectivity index (χ2v) is 2.39. The minimum Gasteiger partial charge on any atom is -0.497 e. The van der Waals surface area contributed by atoms with Crippen molar-refractivity contribution in [2.75, 3.05) is 12.5 Å². The fraction of sp³-hybridized carbons (Fsp3) is 0.222. The van der Waals surface area contributed by atoms with Gasteiger partial charge in [-0.15, -0.1) is 0 Å². The van der Waals surface area contributed by atoms with Gasteiger partial charge in [0.1, 0.15) is 5.75 Å². The maximum atomic E-state index is 9.00. The van der Waals surface area contributed by atoms with Gasteiger partial charge in [-0.25, -0.2) is 0 Å². The van der Waals surface area contributed by atoms with E-state index in [-0.39, 0.29) is 0 Å². The first-order valence-electron chi connectivity index (χ1n) is 3.90. The molecule has 0 saturated heterocycles. The average molecular weight is 198 g/mol. The molecule has 0 spiro atoms. The number of hydrogen-bond acceptors (Lipinski definition) is 4. The molecule has 0 heterocycles. The first kappa shape index (κ1) is 12.2. The van der Waals surface area contributed by atoms with Crippen LogP contribution in [-0.4, -0.2) is 18.2 Å². The lowest BCUT2D eigenvalue weighted by atomic mass is 10.3. The zero-order chi connectivity index (χ0) is 11.0. The van der Waals surface area contributed by atoms with Crippen molar-refractivity contribution < 1.29 is 14.6 Å². The molecule has 5 nitrogen and oxygen atoms in total. The molecule has 5 heteroatoms. The van der Waals surface area contributed by atoms with Gasteiger partial charge >= 0.3 is 0 Å². The number of carboxylic acids is 1. The summed E-state index contributed by atoms with van der Waals surface area (Å²) in [4.78, 5) is 9.00. The summed E-state index contributed by atoms with van der Waals surface area (Å²) >= 11 is 0. The van der Waals surface area contributed by atoms with Crippen LogP contribution in [0.25, 0.3) is 0 Å². The summed E-state index contributed by atoms with van der Waals surface area (Å²) in [5, 5.41) is 7.42. The van der Waals surface area contributed by atoms with Crippen LogP contribution in [0.3, 0.4) is 0 Å². The summed E-state index contributed by atoms with van der Waals surface area (Å²) in [6.45, 7) is 1.08. The second-order valence-electron chi connectivity index (χ2n) is 2.39. The number of carboxylic acid groups (broad SMARTS) is 1. The molecular weight excluding hydrogens is 184 g/mol. The highest BCUT2D eigenvalue weighted by Crippen LogP contribution is 2.13. The Morgan fingerprint density at radius 3 is 2.14 bits per heavy atom. The summed E-state index contributed by atoms with van der Waals surface area (Å²) in [7, 11) is 1.63. The van der Waals surface area contributed by atoms with E-state index in [0.29, 0.717) is 0 Å². The molecule has 0 aromatic heterocycles. The molecule has 1 rings (SSSR count). The molecule has 0 atom stereocenters. The van der Waals surface area contributed by atoms with Crippen LogP contribution in [0, 0.1) is 0 Å². The smallest absolute Gasteiger partial charge is 0.300 e. The fourth-order valence-electron chi connectivity index (χ4n) is 0.687. The summed E-state index contributed by atoms with van der Waals surface area (Å²) in [5.74, 6) is 5.15. The minimum atomic E-state index is -0.833. The van der Waals surface area contributed by atoms with Gasteiger partial charge in [-0.1, -0.05) is 0 Å². The summed E-state index contributed by atoms with van der Waals surface area (Å²) in [5.41, 5.74) is 3.40. The SMILES string of the molecule is CC(=O)O.COc1ccc(NN)cc1. The average Bonchev–Trinajstić information content (AvgIpc) is 2.17. The fourth-order valence-corrected chi connectivity index (χ4v) is 0.687. The molecule has 0 aliphatic rings. The third-order valence-electron chi connectivity index (χ3n) is 1.26. The monoisotopic (exact) mass is 198 g/mol. The number of hydrogen-bond donors (Lipinski definition) is 3. The van der Waals surface area contributed by atoms with Gasteiger partial charge in [0.25, 0.3) is 5.97 Å². The van der Waals surface area contributed by atoms with Crippen LogP contribution < -0.4 is 16.0 Å². The van der Waals surface area contributed by atoms with Crippen molar-refractivity contribution in [3.8, 4) is 5.75 Å². The van der Waals surface area contributed by atoms with E-state index in [0.717, 1.165) is 18.4 Å². The number of benzene rings is 1. The number of hydrazine groups is 1. The molecule has 1 aromatic carbocycles. The first-order valence-corrected chi connectivity index (χ1v) is 3.90. The maximum absolute atomic E-state index is 9.00. The lowest BCUT2D eigenvalue weighted by Crippen LogP contribution is -2.05. The maximum Gasteiger partial charge on any atom is 0.300 e. The number of ether oxygens (including phenoxy) is 1. The number of nitrogens with one attached hydrogen (secondary N) is 1. The van der Waals surface area contributed by atoms with Crippen LogP contribution in [0.1, 0.15) is 6.92 Å². The molecule has 4 N–H and O–H groups in total. The van der Waals surface area contributed by atoms with Crippen molar-refractivity contribution in [1.29, 1.82) is 0 Å². The summed E-state index contributed by atoms with van der Waals surface area (Å²) < 4.78 is 4.95. The van der Waals surface area contributed by atoms with Crippen molar-refractivity contribution in [3.63, 3.8) is 0 Å². The number of methoxy groups -OCH3 is 1. The predicted octanol–water partition coefficient (Wildman–Crippen LogP) is 1.07. The van der Waals surface area contributed by atoms with E-state index in [1.165, 1.54) is 0 Å².